The highest BCUT2D eigenvalue weighted by atomic mass is 32.2. The molecule has 1 fully saturated rings. The van der Waals surface area contributed by atoms with Crippen molar-refractivity contribution in [3.63, 3.8) is 0 Å². The average molecular weight is 871 g/mol. The van der Waals surface area contributed by atoms with Crippen LogP contribution in [-0.4, -0.2) is 135 Å². The first kappa shape index (κ1) is 42.6. The molecule has 1 saturated heterocycles. The second-order valence-electron chi connectivity index (χ2n) is 13.7. The van der Waals surface area contributed by atoms with Crippen LogP contribution in [0.4, 0.5) is 0 Å². The van der Waals surface area contributed by atoms with E-state index in [1.807, 2.05) is 4.90 Å². The van der Waals surface area contributed by atoms with Crippen LogP contribution in [0.15, 0.2) is 57.0 Å². The van der Waals surface area contributed by atoms with Crippen molar-refractivity contribution < 1.29 is 79.7 Å². The zero-order valence-electron chi connectivity index (χ0n) is 33.5. The molecule has 1 aromatic heterocycles. The van der Waals surface area contributed by atoms with Crippen LogP contribution in [0.5, 0.6) is 40.4 Å². The Kier molecular flexibility index (Phi) is 12.8. The number of hydrogen-bond donors (Lipinski definition) is 0. The van der Waals surface area contributed by atoms with E-state index in [0.717, 1.165) is 0 Å². The van der Waals surface area contributed by atoms with Gasteiger partial charge >= 0.3 is 28.8 Å². The molecule has 0 N–H and O–H groups in total. The van der Waals surface area contributed by atoms with E-state index in [1.54, 1.807) is 13.0 Å². The van der Waals surface area contributed by atoms with Crippen LogP contribution in [0.2, 0.25) is 0 Å². The molecule has 3 aromatic carbocycles. The molecule has 61 heavy (non-hydrogen) atoms. The van der Waals surface area contributed by atoms with Gasteiger partial charge in [0.2, 0.25) is 25.1 Å². The number of aromatic nitrogens is 2. The molecular weight excluding hydrogens is 829 g/mol. The standard InChI is InChI=1S/C39H42N4O17S/c1-23(10-16-53-36-37(43(47)60-40-36)61(48,49)24-8-6-5-7-9-24)59-29(44)20-42-13-11-41(12-14-42)15-17-54-39(46)26-19-28(51-3)33-35(58-22-56-33)31(26)30-25(38(45)52-4)18-27(50-2)32-34(30)57-21-55-32/h5-9,18-19,23H,10-17,20-22H2,1-4H3. The lowest BCUT2D eigenvalue weighted by Gasteiger charge is -2.34. The van der Waals surface area contributed by atoms with Crippen molar-refractivity contribution in [1.29, 1.82) is 0 Å². The Hall–Kier alpha value is -6.52. The van der Waals surface area contributed by atoms with E-state index in [-0.39, 0.29) is 106 Å². The molecule has 21 nitrogen and oxygen atoms in total. The highest BCUT2D eigenvalue weighted by Crippen LogP contribution is 2.56. The molecule has 0 spiro atoms. The molecule has 1 atom stereocenters. The maximum Gasteiger partial charge on any atom is 0.414 e. The Balaban J connectivity index is 0.916. The first-order valence-corrected chi connectivity index (χ1v) is 20.4. The van der Waals surface area contributed by atoms with Crippen LogP contribution in [0.25, 0.3) is 11.1 Å². The largest absolute Gasteiger partial charge is 0.493 e. The summed E-state index contributed by atoms with van der Waals surface area (Å²) in [6.45, 7) is 3.80. The lowest BCUT2D eigenvalue weighted by molar-refractivity contribution is -0.832. The maximum atomic E-state index is 13.9. The minimum atomic E-state index is -4.27. The molecule has 3 aliphatic heterocycles. The Morgan fingerprint density at radius 2 is 1.39 bits per heavy atom. The molecule has 0 saturated carbocycles. The summed E-state index contributed by atoms with van der Waals surface area (Å²) in [5.41, 5.74) is 0.332. The van der Waals surface area contributed by atoms with E-state index in [0.29, 0.717) is 32.7 Å². The molecule has 326 valence electrons. The van der Waals surface area contributed by atoms with Crippen LogP contribution in [0.1, 0.15) is 34.1 Å². The number of carbonyl (C=O) groups excluding carboxylic acids is 3. The minimum absolute atomic E-state index is 0.00365. The quantitative estimate of drug-likeness (QED) is 0.0840. The Bertz CT molecular complexity index is 2380. The maximum absolute atomic E-state index is 13.9. The Morgan fingerprint density at radius 3 is 1.98 bits per heavy atom. The van der Waals surface area contributed by atoms with Crippen molar-refractivity contribution in [3.8, 4) is 51.5 Å². The van der Waals surface area contributed by atoms with Crippen LogP contribution >= 0.6 is 0 Å². The molecule has 7 rings (SSSR count). The average Bonchev–Trinajstić information content (AvgIpc) is 4.04. The molecular formula is C39H42N4O17S. The summed E-state index contributed by atoms with van der Waals surface area (Å²) in [7, 11) is -0.229. The molecule has 0 aliphatic carbocycles. The lowest BCUT2D eigenvalue weighted by atomic mass is 9.92. The number of benzene rings is 3. The fourth-order valence-electron chi connectivity index (χ4n) is 6.89. The Morgan fingerprint density at radius 1 is 0.820 bits per heavy atom. The summed E-state index contributed by atoms with van der Waals surface area (Å²) in [4.78, 5) is 43.5. The zero-order valence-corrected chi connectivity index (χ0v) is 34.4. The normalized spacial score (nSPS) is 15.2. The number of nitrogens with zero attached hydrogens (tertiary/aromatic N) is 4. The van der Waals surface area contributed by atoms with Gasteiger partial charge in [0.1, 0.15) is 12.7 Å². The Labute approximate surface area is 348 Å². The number of piperazine rings is 1. The monoisotopic (exact) mass is 870 g/mol. The number of carbonyl (C=O) groups is 3. The van der Waals surface area contributed by atoms with E-state index in [9.17, 15) is 28.0 Å². The van der Waals surface area contributed by atoms with Crippen molar-refractivity contribution >= 4 is 27.7 Å². The van der Waals surface area contributed by atoms with E-state index < -0.39 is 44.8 Å². The number of ether oxygens (including phenoxy) is 10. The fraction of sp³-hybridized carbons (Fsp3) is 0.410. The van der Waals surface area contributed by atoms with Crippen LogP contribution < -0.4 is 38.1 Å². The first-order valence-electron chi connectivity index (χ1n) is 18.9. The molecule has 0 amide bonds. The zero-order chi connectivity index (χ0) is 43.3. The van der Waals surface area contributed by atoms with E-state index >= 15 is 0 Å². The summed E-state index contributed by atoms with van der Waals surface area (Å²) < 4.78 is 86.3. The summed E-state index contributed by atoms with van der Waals surface area (Å²) in [6.07, 6.45) is -0.431. The second-order valence-corrected chi connectivity index (χ2v) is 15.5. The SMILES string of the molecule is COC(=O)c1cc(OC)c2c(c1-c1c(C(=O)OCCN3CCN(CC(=O)OC(C)CCOc4no[n+]([O-])c4S(=O)(=O)c4ccccc4)CC3)cc(OC)c3c1OCO3)OCO2. The van der Waals surface area contributed by atoms with E-state index in [4.69, 9.17) is 47.4 Å². The van der Waals surface area contributed by atoms with Gasteiger partial charge in [-0.25, -0.2) is 18.0 Å². The van der Waals surface area contributed by atoms with Crippen molar-refractivity contribution in [2.75, 3.05) is 87.4 Å². The molecule has 1 unspecified atom stereocenters. The van der Waals surface area contributed by atoms with Gasteiger partial charge < -0.3 is 52.6 Å². The summed E-state index contributed by atoms with van der Waals surface area (Å²) in [6, 6.07) is 10.2. The summed E-state index contributed by atoms with van der Waals surface area (Å²) in [5, 5.41) is 14.8. The molecule has 4 aromatic rings. The number of fused-ring (bicyclic) bond motifs is 2. The van der Waals surface area contributed by atoms with Gasteiger partial charge in [0.05, 0.1) is 55.7 Å². The van der Waals surface area contributed by atoms with E-state index in [2.05, 4.69) is 14.7 Å². The fourth-order valence-corrected chi connectivity index (χ4v) is 8.18. The third-order valence-corrected chi connectivity index (χ3v) is 11.7. The van der Waals surface area contributed by atoms with Gasteiger partial charge in [-0.2, -0.15) is 0 Å². The minimum Gasteiger partial charge on any atom is -0.493 e. The van der Waals surface area contributed by atoms with Crippen LogP contribution in [-0.2, 0) is 28.8 Å². The first-order chi connectivity index (χ1) is 29.4. The van der Waals surface area contributed by atoms with Crippen molar-refractivity contribution in [1.82, 2.24) is 15.0 Å². The van der Waals surface area contributed by atoms with Gasteiger partial charge in [-0.3, -0.25) is 19.2 Å². The van der Waals surface area contributed by atoms with Gasteiger partial charge in [0.25, 0.3) is 9.84 Å². The van der Waals surface area contributed by atoms with E-state index in [1.165, 1.54) is 57.7 Å². The molecule has 0 bridgehead atoms. The van der Waals surface area contributed by atoms with Gasteiger partial charge in [0.15, 0.2) is 23.0 Å². The predicted octanol–water partition coefficient (Wildman–Crippen LogP) is 2.24. The number of methoxy groups -OCH3 is 3. The number of hydrogen-bond acceptors (Lipinski definition) is 20. The lowest BCUT2D eigenvalue weighted by Crippen LogP contribution is -2.49. The van der Waals surface area contributed by atoms with Crippen molar-refractivity contribution in [2.24, 2.45) is 0 Å². The number of sulfone groups is 1. The summed E-state index contributed by atoms with van der Waals surface area (Å²) >= 11 is 0. The third kappa shape index (κ3) is 8.86. The van der Waals surface area contributed by atoms with Gasteiger partial charge in [-0.05, 0) is 36.1 Å². The highest BCUT2D eigenvalue weighted by Gasteiger charge is 2.39. The van der Waals surface area contributed by atoms with Crippen molar-refractivity contribution in [2.45, 2.75) is 29.4 Å². The molecule has 4 heterocycles. The summed E-state index contributed by atoms with van der Waals surface area (Å²) in [5.74, 6) is -1.31. The van der Waals surface area contributed by atoms with Gasteiger partial charge in [-0.1, -0.05) is 18.2 Å². The molecule has 3 aliphatic rings. The number of esters is 3. The topological polar surface area (TPSA) is 237 Å². The van der Waals surface area contributed by atoms with Crippen LogP contribution in [0, 0.1) is 5.21 Å². The highest BCUT2D eigenvalue weighted by molar-refractivity contribution is 7.91. The van der Waals surface area contributed by atoms with Crippen molar-refractivity contribution in [3.05, 3.63) is 58.8 Å². The predicted molar refractivity (Wildman–Crippen MR) is 205 cm³/mol. The van der Waals surface area contributed by atoms with Gasteiger partial charge in [0, 0.05) is 50.3 Å². The molecule has 22 heteroatoms. The van der Waals surface area contributed by atoms with Gasteiger partial charge in [-0.15, -0.1) is 0 Å². The smallest absolute Gasteiger partial charge is 0.414 e. The van der Waals surface area contributed by atoms with Crippen LogP contribution in [0.3, 0.4) is 0 Å². The number of rotatable bonds is 17. The second kappa shape index (κ2) is 18.4. The third-order valence-electron chi connectivity index (χ3n) is 9.94. The molecule has 0 radical (unpaired) electrons.